The van der Waals surface area contributed by atoms with Crippen molar-refractivity contribution in [3.63, 3.8) is 0 Å². The molecular weight excluding hydrogens is 246 g/mol. The monoisotopic (exact) mass is 265 g/mol. The minimum atomic E-state index is 0.102. The Morgan fingerprint density at radius 3 is 2.89 bits per heavy atom. The lowest BCUT2D eigenvalue weighted by Crippen LogP contribution is -2.29. The number of hydrogen-bond donors (Lipinski definition) is 2. The van der Waals surface area contributed by atoms with Crippen LogP contribution in [0.3, 0.4) is 0 Å². The van der Waals surface area contributed by atoms with E-state index in [4.69, 9.17) is 5.84 Å². The minimum Gasteiger partial charge on any atom is -0.271 e. The van der Waals surface area contributed by atoms with E-state index in [0.717, 1.165) is 25.2 Å². The molecule has 2 heterocycles. The van der Waals surface area contributed by atoms with Gasteiger partial charge >= 0.3 is 0 Å². The van der Waals surface area contributed by atoms with Crippen LogP contribution in [0.25, 0.3) is 0 Å². The van der Waals surface area contributed by atoms with Crippen LogP contribution >= 0.6 is 11.3 Å². The molecule has 2 aromatic rings. The molecule has 6 heteroatoms. The molecule has 0 bridgehead atoms. The highest BCUT2D eigenvalue weighted by Crippen LogP contribution is 2.25. The number of rotatable bonds is 6. The van der Waals surface area contributed by atoms with Gasteiger partial charge in [-0.05, 0) is 25.5 Å². The van der Waals surface area contributed by atoms with E-state index in [9.17, 15) is 0 Å². The quantitative estimate of drug-likeness (QED) is 0.616. The van der Waals surface area contributed by atoms with E-state index in [1.54, 1.807) is 17.7 Å². The molecule has 5 nitrogen and oxygen atoms in total. The Kier molecular flexibility index (Phi) is 4.46. The molecule has 2 aromatic heterocycles. The van der Waals surface area contributed by atoms with Crippen molar-refractivity contribution >= 4 is 11.3 Å². The molecule has 0 fully saturated rings. The first-order chi connectivity index (χ1) is 8.78. The number of nitrogens with two attached hydrogens (primary N) is 1. The van der Waals surface area contributed by atoms with E-state index in [2.05, 4.69) is 41.5 Å². The lowest BCUT2D eigenvalue weighted by Gasteiger charge is -2.13. The predicted octanol–water partition coefficient (Wildman–Crippen LogP) is 1.67. The molecule has 1 atom stereocenters. The number of hydrazine groups is 1. The molecule has 0 radical (unpaired) electrons. The van der Waals surface area contributed by atoms with E-state index >= 15 is 0 Å². The highest BCUT2D eigenvalue weighted by molar-refractivity contribution is 7.12. The summed E-state index contributed by atoms with van der Waals surface area (Å²) in [4.78, 5) is 6.92. The third kappa shape index (κ3) is 2.77. The van der Waals surface area contributed by atoms with Crippen LogP contribution in [0.1, 0.15) is 35.5 Å². The summed E-state index contributed by atoms with van der Waals surface area (Å²) in [7, 11) is 0. The third-order valence-electron chi connectivity index (χ3n) is 2.96. The van der Waals surface area contributed by atoms with Crippen LogP contribution in [0.2, 0.25) is 0 Å². The molecule has 0 aliphatic rings. The summed E-state index contributed by atoms with van der Waals surface area (Å²) >= 11 is 1.80. The summed E-state index contributed by atoms with van der Waals surface area (Å²) in [5.41, 5.74) is 2.87. The fourth-order valence-corrected chi connectivity index (χ4v) is 2.92. The van der Waals surface area contributed by atoms with Crippen molar-refractivity contribution in [2.45, 2.75) is 39.3 Å². The Labute approximate surface area is 111 Å². The van der Waals surface area contributed by atoms with Crippen LogP contribution in [-0.2, 0) is 19.4 Å². The van der Waals surface area contributed by atoms with Crippen LogP contribution in [0, 0.1) is 0 Å². The van der Waals surface area contributed by atoms with Crippen molar-refractivity contribution < 1.29 is 0 Å². The maximum atomic E-state index is 5.66. The first kappa shape index (κ1) is 13.2. The normalized spacial score (nSPS) is 12.8. The van der Waals surface area contributed by atoms with Gasteiger partial charge in [-0.15, -0.1) is 11.3 Å². The summed E-state index contributed by atoms with van der Waals surface area (Å²) in [5.74, 6) is 6.63. The summed E-state index contributed by atoms with van der Waals surface area (Å²) < 4.78 is 1.90. The van der Waals surface area contributed by atoms with E-state index in [1.165, 1.54) is 9.75 Å². The smallest absolute Gasteiger partial charge is 0.138 e. The minimum absolute atomic E-state index is 0.102. The van der Waals surface area contributed by atoms with Gasteiger partial charge in [-0.2, -0.15) is 5.10 Å². The highest BCUT2D eigenvalue weighted by Gasteiger charge is 2.16. The van der Waals surface area contributed by atoms with E-state index in [-0.39, 0.29) is 6.04 Å². The number of aryl methyl sites for hydroxylation is 2. The topological polar surface area (TPSA) is 68.8 Å². The SMILES string of the molecule is CCc1ccc(C(Cc2ncnn2CC)NN)s1. The van der Waals surface area contributed by atoms with Crippen molar-refractivity contribution in [3.05, 3.63) is 34.0 Å². The summed E-state index contributed by atoms with van der Waals surface area (Å²) in [6, 6.07) is 4.40. The molecule has 0 saturated carbocycles. The number of thiophene rings is 1. The van der Waals surface area contributed by atoms with Crippen LogP contribution in [0.15, 0.2) is 18.5 Å². The molecule has 0 aliphatic heterocycles. The van der Waals surface area contributed by atoms with Crippen LogP contribution < -0.4 is 11.3 Å². The molecule has 1 unspecified atom stereocenters. The molecule has 0 aliphatic carbocycles. The Bertz CT molecular complexity index is 490. The van der Waals surface area contributed by atoms with Gasteiger partial charge < -0.3 is 0 Å². The molecular formula is C12H19N5S. The van der Waals surface area contributed by atoms with E-state index in [1.807, 2.05) is 4.68 Å². The predicted molar refractivity (Wildman–Crippen MR) is 73.2 cm³/mol. The second-order valence-corrected chi connectivity index (χ2v) is 5.27. The highest BCUT2D eigenvalue weighted by atomic mass is 32.1. The first-order valence-electron chi connectivity index (χ1n) is 6.19. The van der Waals surface area contributed by atoms with Gasteiger partial charge in [-0.1, -0.05) is 6.92 Å². The average Bonchev–Trinajstić information content (AvgIpc) is 3.04. The second-order valence-electron chi connectivity index (χ2n) is 4.07. The van der Waals surface area contributed by atoms with Crippen LogP contribution in [0.4, 0.5) is 0 Å². The lowest BCUT2D eigenvalue weighted by atomic mass is 10.1. The largest absolute Gasteiger partial charge is 0.271 e. The second kappa shape index (κ2) is 6.08. The van der Waals surface area contributed by atoms with Crippen molar-refractivity contribution in [1.29, 1.82) is 0 Å². The Hall–Kier alpha value is -1.24. The fraction of sp³-hybridized carbons (Fsp3) is 0.500. The molecule has 98 valence electrons. The van der Waals surface area contributed by atoms with Gasteiger partial charge in [-0.25, -0.2) is 4.98 Å². The van der Waals surface area contributed by atoms with Gasteiger partial charge in [0, 0.05) is 22.7 Å². The Morgan fingerprint density at radius 2 is 2.28 bits per heavy atom. The van der Waals surface area contributed by atoms with Crippen LogP contribution in [0.5, 0.6) is 0 Å². The van der Waals surface area contributed by atoms with Gasteiger partial charge in [0.15, 0.2) is 0 Å². The molecule has 2 rings (SSSR count). The van der Waals surface area contributed by atoms with Gasteiger partial charge in [0.1, 0.15) is 12.2 Å². The molecule has 18 heavy (non-hydrogen) atoms. The number of hydrogen-bond acceptors (Lipinski definition) is 5. The molecule has 3 N–H and O–H groups in total. The zero-order valence-corrected chi connectivity index (χ0v) is 11.6. The van der Waals surface area contributed by atoms with Crippen molar-refractivity contribution in [2.75, 3.05) is 0 Å². The zero-order valence-electron chi connectivity index (χ0n) is 10.8. The number of nitrogens with one attached hydrogen (secondary N) is 1. The summed E-state index contributed by atoms with van der Waals surface area (Å²) in [5, 5.41) is 4.18. The molecule has 0 aromatic carbocycles. The average molecular weight is 265 g/mol. The van der Waals surface area contributed by atoms with E-state index < -0.39 is 0 Å². The zero-order chi connectivity index (χ0) is 13.0. The van der Waals surface area contributed by atoms with Crippen LogP contribution in [-0.4, -0.2) is 14.8 Å². The van der Waals surface area contributed by atoms with Gasteiger partial charge in [0.25, 0.3) is 0 Å². The number of nitrogens with zero attached hydrogens (tertiary/aromatic N) is 3. The Balaban J connectivity index is 2.14. The molecule has 0 saturated heterocycles. The Morgan fingerprint density at radius 1 is 1.44 bits per heavy atom. The first-order valence-corrected chi connectivity index (χ1v) is 7.01. The lowest BCUT2D eigenvalue weighted by molar-refractivity contribution is 0.516. The molecule has 0 spiro atoms. The maximum Gasteiger partial charge on any atom is 0.138 e. The summed E-state index contributed by atoms with van der Waals surface area (Å²) in [6.45, 7) is 5.05. The third-order valence-corrected chi connectivity index (χ3v) is 4.30. The summed E-state index contributed by atoms with van der Waals surface area (Å²) in [6.07, 6.45) is 3.42. The number of aromatic nitrogens is 3. The van der Waals surface area contributed by atoms with Gasteiger partial charge in [-0.3, -0.25) is 16.0 Å². The molecule has 0 amide bonds. The van der Waals surface area contributed by atoms with Crippen molar-refractivity contribution in [2.24, 2.45) is 5.84 Å². The van der Waals surface area contributed by atoms with E-state index in [0.29, 0.717) is 0 Å². The standard InChI is InChI=1S/C12H19N5S/c1-3-9-5-6-11(18-9)10(16-13)7-12-14-8-15-17(12)4-2/h5-6,8,10,16H,3-4,7,13H2,1-2H3. The van der Waals surface area contributed by atoms with Crippen molar-refractivity contribution in [1.82, 2.24) is 20.2 Å². The maximum absolute atomic E-state index is 5.66. The van der Waals surface area contributed by atoms with Gasteiger partial charge in [0.2, 0.25) is 0 Å². The fourth-order valence-electron chi connectivity index (χ4n) is 1.91. The van der Waals surface area contributed by atoms with Crippen molar-refractivity contribution in [3.8, 4) is 0 Å². The van der Waals surface area contributed by atoms with Gasteiger partial charge in [0.05, 0.1) is 6.04 Å².